The predicted molar refractivity (Wildman–Crippen MR) is 85.2 cm³/mol. The molecule has 1 aliphatic rings. The average molecular weight is 333 g/mol. The SMILES string of the molecule is Cc1ccc(NC(=O)COC(=O)CN2C(=O)CN(C)C2=O)c(C)c1. The average Bonchev–Trinajstić information content (AvgIpc) is 2.74. The molecular weight excluding hydrogens is 314 g/mol. The number of anilines is 1. The van der Waals surface area contributed by atoms with Crippen molar-refractivity contribution in [1.82, 2.24) is 9.80 Å². The van der Waals surface area contributed by atoms with Crippen LogP contribution in [0.4, 0.5) is 10.5 Å². The summed E-state index contributed by atoms with van der Waals surface area (Å²) in [5.41, 5.74) is 2.60. The van der Waals surface area contributed by atoms with Gasteiger partial charge in [0.1, 0.15) is 13.1 Å². The highest BCUT2D eigenvalue weighted by Crippen LogP contribution is 2.15. The molecule has 0 spiro atoms. The first-order chi connectivity index (χ1) is 11.3. The van der Waals surface area contributed by atoms with E-state index in [9.17, 15) is 19.2 Å². The monoisotopic (exact) mass is 333 g/mol. The molecule has 1 saturated heterocycles. The van der Waals surface area contributed by atoms with E-state index in [2.05, 4.69) is 5.32 Å². The van der Waals surface area contributed by atoms with Gasteiger partial charge in [0, 0.05) is 12.7 Å². The Morgan fingerprint density at radius 3 is 2.54 bits per heavy atom. The lowest BCUT2D eigenvalue weighted by Crippen LogP contribution is -2.37. The number of likely N-dealkylation sites (N-methyl/N-ethyl adjacent to an activating group) is 1. The first-order valence-corrected chi connectivity index (χ1v) is 7.36. The van der Waals surface area contributed by atoms with E-state index in [1.165, 1.54) is 11.9 Å². The van der Waals surface area contributed by atoms with E-state index in [-0.39, 0.29) is 6.54 Å². The van der Waals surface area contributed by atoms with Gasteiger partial charge in [-0.2, -0.15) is 0 Å². The van der Waals surface area contributed by atoms with Crippen molar-refractivity contribution in [1.29, 1.82) is 0 Å². The zero-order valence-electron chi connectivity index (χ0n) is 13.8. The third-order valence-corrected chi connectivity index (χ3v) is 3.54. The maximum Gasteiger partial charge on any atom is 0.327 e. The molecule has 0 atom stereocenters. The number of urea groups is 1. The van der Waals surface area contributed by atoms with Crippen LogP contribution in [-0.2, 0) is 19.1 Å². The van der Waals surface area contributed by atoms with Crippen LogP contribution >= 0.6 is 0 Å². The van der Waals surface area contributed by atoms with Crippen LogP contribution in [0.5, 0.6) is 0 Å². The van der Waals surface area contributed by atoms with Gasteiger partial charge < -0.3 is 15.0 Å². The van der Waals surface area contributed by atoms with Gasteiger partial charge in [-0.25, -0.2) is 4.79 Å². The highest BCUT2D eigenvalue weighted by Gasteiger charge is 2.35. The number of benzene rings is 1. The molecule has 1 aromatic rings. The van der Waals surface area contributed by atoms with Crippen LogP contribution in [0.15, 0.2) is 18.2 Å². The normalized spacial score (nSPS) is 14.1. The van der Waals surface area contributed by atoms with Gasteiger partial charge in [-0.3, -0.25) is 19.3 Å². The van der Waals surface area contributed by atoms with Crippen molar-refractivity contribution in [2.75, 3.05) is 32.1 Å². The Morgan fingerprint density at radius 1 is 1.25 bits per heavy atom. The molecule has 2 rings (SSSR count). The molecule has 128 valence electrons. The summed E-state index contributed by atoms with van der Waals surface area (Å²) in [4.78, 5) is 48.7. The fourth-order valence-corrected chi connectivity index (χ4v) is 2.29. The summed E-state index contributed by atoms with van der Waals surface area (Å²) >= 11 is 0. The minimum atomic E-state index is -0.817. The first kappa shape index (κ1) is 17.5. The van der Waals surface area contributed by atoms with Gasteiger partial charge in [0.25, 0.3) is 11.8 Å². The van der Waals surface area contributed by atoms with Crippen LogP contribution in [0.25, 0.3) is 0 Å². The van der Waals surface area contributed by atoms with Crippen LogP contribution in [0.2, 0.25) is 0 Å². The molecule has 0 bridgehead atoms. The van der Waals surface area contributed by atoms with Crippen molar-refractivity contribution < 1.29 is 23.9 Å². The van der Waals surface area contributed by atoms with E-state index in [1.807, 2.05) is 26.0 Å². The molecule has 0 saturated carbocycles. The molecule has 24 heavy (non-hydrogen) atoms. The van der Waals surface area contributed by atoms with Crippen LogP contribution in [0.1, 0.15) is 11.1 Å². The number of hydrogen-bond acceptors (Lipinski definition) is 5. The Labute approximate surface area is 139 Å². The number of nitrogens with one attached hydrogen (secondary N) is 1. The number of imide groups is 1. The maximum absolute atomic E-state index is 11.8. The second kappa shape index (κ2) is 7.12. The number of hydrogen-bond donors (Lipinski definition) is 1. The standard InChI is InChI=1S/C16H19N3O5/c1-10-4-5-12(11(2)6-10)17-13(20)9-24-15(22)8-19-14(21)7-18(3)16(19)23/h4-6H,7-9H2,1-3H3,(H,17,20). The van der Waals surface area contributed by atoms with Crippen LogP contribution in [-0.4, -0.2) is 60.4 Å². The van der Waals surface area contributed by atoms with Gasteiger partial charge in [0.05, 0.1) is 0 Å². The van der Waals surface area contributed by atoms with Crippen molar-refractivity contribution in [3.8, 4) is 0 Å². The molecule has 1 fully saturated rings. The highest BCUT2D eigenvalue weighted by molar-refractivity contribution is 6.04. The number of amides is 4. The number of ether oxygens (including phenoxy) is 1. The van der Waals surface area contributed by atoms with Crippen molar-refractivity contribution in [3.63, 3.8) is 0 Å². The fourth-order valence-electron chi connectivity index (χ4n) is 2.29. The van der Waals surface area contributed by atoms with Gasteiger partial charge in [0.2, 0.25) is 0 Å². The van der Waals surface area contributed by atoms with Crippen LogP contribution in [0, 0.1) is 13.8 Å². The third kappa shape index (κ3) is 4.09. The molecule has 8 nitrogen and oxygen atoms in total. The molecule has 1 aliphatic heterocycles. The first-order valence-electron chi connectivity index (χ1n) is 7.36. The maximum atomic E-state index is 11.8. The number of nitrogens with zero attached hydrogens (tertiary/aromatic N) is 2. The number of carbonyl (C=O) groups excluding carboxylic acids is 4. The third-order valence-electron chi connectivity index (χ3n) is 3.54. The number of aryl methyl sites for hydroxylation is 2. The van der Waals surface area contributed by atoms with Crippen molar-refractivity contribution in [3.05, 3.63) is 29.3 Å². The Hall–Kier alpha value is -2.90. The molecule has 0 unspecified atom stereocenters. The molecule has 4 amide bonds. The predicted octanol–water partition coefficient (Wildman–Crippen LogP) is 0.679. The van der Waals surface area contributed by atoms with Crippen molar-refractivity contribution in [2.45, 2.75) is 13.8 Å². The van der Waals surface area contributed by atoms with Crippen LogP contribution in [0.3, 0.4) is 0 Å². The van der Waals surface area contributed by atoms with E-state index in [1.54, 1.807) is 6.07 Å². The van der Waals surface area contributed by atoms with E-state index in [4.69, 9.17) is 4.74 Å². The number of rotatable bonds is 5. The lowest BCUT2D eigenvalue weighted by atomic mass is 10.1. The van der Waals surface area contributed by atoms with Gasteiger partial charge >= 0.3 is 12.0 Å². The van der Waals surface area contributed by atoms with E-state index in [0.29, 0.717) is 5.69 Å². The van der Waals surface area contributed by atoms with Gasteiger partial charge in [-0.1, -0.05) is 17.7 Å². The zero-order valence-corrected chi connectivity index (χ0v) is 13.8. The van der Waals surface area contributed by atoms with Gasteiger partial charge in [-0.15, -0.1) is 0 Å². The minimum Gasteiger partial charge on any atom is -0.454 e. The largest absolute Gasteiger partial charge is 0.454 e. The van der Waals surface area contributed by atoms with Gasteiger partial charge in [0.15, 0.2) is 6.61 Å². The summed E-state index contributed by atoms with van der Waals surface area (Å²) < 4.78 is 4.82. The lowest BCUT2D eigenvalue weighted by molar-refractivity contribution is -0.149. The summed E-state index contributed by atoms with van der Waals surface area (Å²) in [5, 5.41) is 2.64. The smallest absolute Gasteiger partial charge is 0.327 e. The Balaban J connectivity index is 1.82. The quantitative estimate of drug-likeness (QED) is 0.631. The van der Waals surface area contributed by atoms with Crippen molar-refractivity contribution >= 4 is 29.5 Å². The zero-order chi connectivity index (χ0) is 17.9. The van der Waals surface area contributed by atoms with E-state index in [0.717, 1.165) is 16.0 Å². The highest BCUT2D eigenvalue weighted by atomic mass is 16.5. The molecule has 0 aromatic heterocycles. The Morgan fingerprint density at radius 2 is 1.96 bits per heavy atom. The Kier molecular flexibility index (Phi) is 5.18. The summed E-state index contributed by atoms with van der Waals surface area (Å²) in [6.45, 7) is 2.74. The van der Waals surface area contributed by atoms with E-state index >= 15 is 0 Å². The second-order valence-corrected chi connectivity index (χ2v) is 5.65. The minimum absolute atomic E-state index is 0.0701. The summed E-state index contributed by atoms with van der Waals surface area (Å²) in [6, 6.07) is 4.98. The molecule has 0 aliphatic carbocycles. The molecule has 1 N–H and O–H groups in total. The molecule has 1 heterocycles. The number of esters is 1. The van der Waals surface area contributed by atoms with Crippen LogP contribution < -0.4 is 5.32 Å². The second-order valence-electron chi connectivity index (χ2n) is 5.65. The Bertz CT molecular complexity index is 701. The summed E-state index contributed by atoms with van der Waals surface area (Å²) in [5.74, 6) is -1.78. The van der Waals surface area contributed by atoms with Crippen molar-refractivity contribution in [2.24, 2.45) is 0 Å². The molecule has 8 heteroatoms. The summed E-state index contributed by atoms with van der Waals surface area (Å²) in [7, 11) is 1.46. The fraction of sp³-hybridized carbons (Fsp3) is 0.375. The topological polar surface area (TPSA) is 96.0 Å². The lowest BCUT2D eigenvalue weighted by Gasteiger charge is -2.13. The molecule has 1 aromatic carbocycles. The van der Waals surface area contributed by atoms with E-state index < -0.39 is 37.0 Å². The number of carbonyl (C=O) groups is 4. The van der Waals surface area contributed by atoms with Gasteiger partial charge in [-0.05, 0) is 25.5 Å². The summed E-state index contributed by atoms with van der Waals surface area (Å²) in [6.07, 6.45) is 0. The molecule has 0 radical (unpaired) electrons. The molecular formula is C16H19N3O5.